The van der Waals surface area contributed by atoms with Gasteiger partial charge in [0.05, 0.1) is 39.1 Å². The van der Waals surface area contributed by atoms with Crippen molar-refractivity contribution in [3.63, 3.8) is 0 Å². The molecule has 0 radical (unpaired) electrons. The van der Waals surface area contributed by atoms with Crippen LogP contribution in [0.15, 0.2) is 0 Å². The van der Waals surface area contributed by atoms with Crippen LogP contribution in [0.3, 0.4) is 0 Å². The summed E-state index contributed by atoms with van der Waals surface area (Å²) in [5, 5.41) is 0. The van der Waals surface area contributed by atoms with Crippen LogP contribution in [-0.4, -0.2) is 55.0 Å². The zero-order valence-electron chi connectivity index (χ0n) is 42.2. The highest BCUT2D eigenvalue weighted by Gasteiger charge is 2.03. The second-order valence-corrected chi connectivity index (χ2v) is 19.2. The number of carbonyl (C=O) groups excluding carboxylic acids is 3. The molecule has 0 aromatic rings. The van der Waals surface area contributed by atoms with Crippen molar-refractivity contribution in [1.82, 2.24) is 0 Å². The number of ether oxygens (including phenoxy) is 3. The standard InChI is InChI=1S/C21H42O2S.C17H34O2S.C16H32O2S/c1-2-3-4-5-6-7-8-9-10-11-12-13-14-15-16-17-19-23-21(22)18-20-24;1-2-3-4-5-6-7-8-9-10-11-12-13-15-19-17(18)14-16-20;1-2-3-4-5-6-7-8-9-10-11-12-14-18-16(17)13-15-19/h24H,2-20H2,1H3;20H,2-16H2,1H3;19H,2-15H2,1H3. The van der Waals surface area contributed by atoms with E-state index < -0.39 is 0 Å². The Labute approximate surface area is 409 Å². The average Bonchev–Trinajstić information content (AvgIpc) is 3.27. The van der Waals surface area contributed by atoms with Crippen LogP contribution in [0.25, 0.3) is 0 Å². The zero-order chi connectivity index (χ0) is 46.8. The molecule has 0 rings (SSSR count). The van der Waals surface area contributed by atoms with Crippen molar-refractivity contribution in [3.8, 4) is 0 Å². The molecule has 0 aromatic heterocycles. The highest BCUT2D eigenvalue weighted by atomic mass is 32.1. The maximum absolute atomic E-state index is 11.1. The summed E-state index contributed by atoms with van der Waals surface area (Å²) in [6.45, 7) is 8.57. The monoisotopic (exact) mass is 949 g/mol. The van der Waals surface area contributed by atoms with E-state index in [-0.39, 0.29) is 17.9 Å². The van der Waals surface area contributed by atoms with Gasteiger partial charge in [-0.3, -0.25) is 14.4 Å². The zero-order valence-corrected chi connectivity index (χ0v) is 44.9. The van der Waals surface area contributed by atoms with Gasteiger partial charge in [0.15, 0.2) is 0 Å². The molecule has 0 atom stereocenters. The number of hydrogen-bond acceptors (Lipinski definition) is 9. The number of esters is 3. The Kier molecular flexibility index (Phi) is 67.3. The quantitative estimate of drug-likeness (QED) is 0.0244. The minimum atomic E-state index is -0.109. The van der Waals surface area contributed by atoms with Gasteiger partial charge < -0.3 is 14.2 Å². The van der Waals surface area contributed by atoms with Gasteiger partial charge in [0.25, 0.3) is 0 Å². The Bertz CT molecular complexity index is 877. The first kappa shape index (κ1) is 66.7. The van der Waals surface area contributed by atoms with Crippen molar-refractivity contribution < 1.29 is 28.6 Å². The van der Waals surface area contributed by atoms with Crippen molar-refractivity contribution in [2.45, 2.75) is 290 Å². The summed E-state index contributed by atoms with van der Waals surface area (Å²) in [7, 11) is 0. The van der Waals surface area contributed by atoms with E-state index in [0.29, 0.717) is 56.3 Å². The molecule has 9 heteroatoms. The van der Waals surface area contributed by atoms with Crippen molar-refractivity contribution in [2.75, 3.05) is 37.1 Å². The van der Waals surface area contributed by atoms with Gasteiger partial charge in [-0.05, 0) is 19.3 Å². The van der Waals surface area contributed by atoms with E-state index in [2.05, 4.69) is 58.7 Å². The number of thiol groups is 3. The lowest BCUT2D eigenvalue weighted by Gasteiger charge is -2.04. The fourth-order valence-electron chi connectivity index (χ4n) is 7.41. The van der Waals surface area contributed by atoms with Gasteiger partial charge >= 0.3 is 17.9 Å². The second-order valence-electron chi connectivity index (χ2n) is 17.8. The normalized spacial score (nSPS) is 10.8. The Morgan fingerprint density at radius 3 is 0.540 bits per heavy atom. The van der Waals surface area contributed by atoms with Crippen LogP contribution in [0.1, 0.15) is 290 Å². The van der Waals surface area contributed by atoms with Crippen LogP contribution in [0.4, 0.5) is 0 Å². The van der Waals surface area contributed by atoms with Gasteiger partial charge in [-0.2, -0.15) is 37.9 Å². The predicted molar refractivity (Wildman–Crippen MR) is 285 cm³/mol. The number of rotatable bonds is 48. The van der Waals surface area contributed by atoms with Crippen LogP contribution in [0, 0.1) is 0 Å². The Morgan fingerprint density at radius 1 is 0.254 bits per heavy atom. The van der Waals surface area contributed by atoms with Gasteiger partial charge in [0.1, 0.15) is 0 Å². The molecule has 0 saturated carbocycles. The summed E-state index contributed by atoms with van der Waals surface area (Å²) >= 11 is 12.0. The SMILES string of the molecule is CCCCCCCCCCCCCCCCCCOC(=O)CCS.CCCCCCCCCCCCCCOC(=O)CCS.CCCCCCCCCCCCCOC(=O)CCS. The third kappa shape index (κ3) is 68.2. The Balaban J connectivity index is -0.000000864. The molecule has 0 fully saturated rings. The minimum absolute atomic E-state index is 0.106. The molecule has 0 aromatic carbocycles. The number of carbonyl (C=O) groups is 3. The largest absolute Gasteiger partial charge is 0.466 e. The van der Waals surface area contributed by atoms with Gasteiger partial charge in [0.2, 0.25) is 0 Å². The molecular weight excluding hydrogens is 841 g/mol. The Hall–Kier alpha value is -0.540. The van der Waals surface area contributed by atoms with Crippen LogP contribution in [0.5, 0.6) is 0 Å². The average molecular weight is 950 g/mol. The van der Waals surface area contributed by atoms with Crippen molar-refractivity contribution in [2.24, 2.45) is 0 Å². The smallest absolute Gasteiger partial charge is 0.306 e. The fourth-order valence-corrected chi connectivity index (χ4v) is 7.96. The summed E-state index contributed by atoms with van der Waals surface area (Å²) in [5.74, 6) is 1.42. The lowest BCUT2D eigenvalue weighted by molar-refractivity contribution is -0.144. The summed E-state index contributed by atoms with van der Waals surface area (Å²) in [4.78, 5) is 33.3. The molecule has 0 saturated heterocycles. The fraction of sp³-hybridized carbons (Fsp3) is 0.944. The minimum Gasteiger partial charge on any atom is -0.466 e. The highest BCUT2D eigenvalue weighted by Crippen LogP contribution is 2.15. The summed E-state index contributed by atoms with van der Waals surface area (Å²) in [5.41, 5.74) is 0. The van der Waals surface area contributed by atoms with E-state index in [1.807, 2.05) is 0 Å². The molecule has 0 amide bonds. The van der Waals surface area contributed by atoms with Crippen LogP contribution < -0.4 is 0 Å². The molecule has 0 unspecified atom stereocenters. The lowest BCUT2D eigenvalue weighted by atomic mass is 10.0. The van der Waals surface area contributed by atoms with Gasteiger partial charge in [-0.25, -0.2) is 0 Å². The molecule has 0 N–H and O–H groups in total. The molecule has 378 valence electrons. The third-order valence-corrected chi connectivity index (χ3v) is 12.2. The third-order valence-electron chi connectivity index (χ3n) is 11.5. The van der Waals surface area contributed by atoms with E-state index >= 15 is 0 Å². The van der Waals surface area contributed by atoms with Crippen LogP contribution in [-0.2, 0) is 28.6 Å². The summed E-state index contributed by atoms with van der Waals surface area (Å²) < 4.78 is 15.3. The molecule has 0 aliphatic heterocycles. The van der Waals surface area contributed by atoms with Gasteiger partial charge in [0, 0.05) is 17.3 Å². The van der Waals surface area contributed by atoms with Crippen molar-refractivity contribution in [3.05, 3.63) is 0 Å². The predicted octanol–water partition coefficient (Wildman–Crippen LogP) is 17.8. The topological polar surface area (TPSA) is 78.9 Å². The molecule has 6 nitrogen and oxygen atoms in total. The van der Waals surface area contributed by atoms with E-state index in [0.717, 1.165) is 19.3 Å². The second kappa shape index (κ2) is 63.5. The summed E-state index contributed by atoms with van der Waals surface area (Å²) in [6, 6.07) is 0. The van der Waals surface area contributed by atoms with Crippen molar-refractivity contribution in [1.29, 1.82) is 0 Å². The van der Waals surface area contributed by atoms with Crippen LogP contribution >= 0.6 is 37.9 Å². The maximum Gasteiger partial charge on any atom is 0.306 e. The first-order valence-electron chi connectivity index (χ1n) is 27.2. The van der Waals surface area contributed by atoms with E-state index in [4.69, 9.17) is 14.2 Å². The van der Waals surface area contributed by atoms with E-state index in [9.17, 15) is 14.4 Å². The van der Waals surface area contributed by atoms with E-state index in [1.54, 1.807) is 0 Å². The van der Waals surface area contributed by atoms with Crippen LogP contribution in [0.2, 0.25) is 0 Å². The summed E-state index contributed by atoms with van der Waals surface area (Å²) in [6.07, 6.45) is 53.6. The number of unbranched alkanes of at least 4 members (excludes halogenated alkanes) is 36. The first-order chi connectivity index (χ1) is 30.9. The number of hydrogen-bond donors (Lipinski definition) is 3. The molecule has 63 heavy (non-hydrogen) atoms. The molecule has 0 heterocycles. The molecule has 0 spiro atoms. The molecule has 0 aliphatic rings. The maximum atomic E-state index is 11.1. The molecule has 0 bridgehead atoms. The van der Waals surface area contributed by atoms with Gasteiger partial charge in [-0.1, -0.05) is 252 Å². The molecule has 0 aliphatic carbocycles. The van der Waals surface area contributed by atoms with Crippen molar-refractivity contribution >= 4 is 55.8 Å². The molecular formula is C54H108O6S3. The first-order valence-corrected chi connectivity index (χ1v) is 29.1. The van der Waals surface area contributed by atoms with E-state index in [1.165, 1.54) is 231 Å². The lowest BCUT2D eigenvalue weighted by Crippen LogP contribution is -2.06. The highest BCUT2D eigenvalue weighted by molar-refractivity contribution is 7.80. The Morgan fingerprint density at radius 2 is 0.397 bits per heavy atom. The van der Waals surface area contributed by atoms with Gasteiger partial charge in [-0.15, -0.1) is 0 Å².